The Bertz CT molecular complexity index is 1060. The van der Waals surface area contributed by atoms with E-state index < -0.39 is 0 Å². The van der Waals surface area contributed by atoms with Gasteiger partial charge in [-0.15, -0.1) is 0 Å². The molecule has 0 radical (unpaired) electrons. The number of para-hydroxylation sites is 1. The van der Waals surface area contributed by atoms with E-state index in [1.165, 1.54) is 4.70 Å². The minimum absolute atomic E-state index is 0.125. The zero-order valence-electron chi connectivity index (χ0n) is 12.7. The number of nitrogens with zero attached hydrogens (tertiary/aromatic N) is 3. The second-order valence-corrected chi connectivity index (χ2v) is 7.05. The molecule has 0 saturated heterocycles. The van der Waals surface area contributed by atoms with Crippen LogP contribution in [0.3, 0.4) is 0 Å². The number of pyridine rings is 1. The van der Waals surface area contributed by atoms with Gasteiger partial charge in [0.2, 0.25) is 0 Å². The lowest BCUT2D eigenvalue weighted by Crippen LogP contribution is -2.39. The summed E-state index contributed by atoms with van der Waals surface area (Å²) < 4.78 is 8.11. The van der Waals surface area contributed by atoms with Gasteiger partial charge in [0.15, 0.2) is 16.4 Å². The van der Waals surface area contributed by atoms with Gasteiger partial charge in [-0.3, -0.25) is 4.57 Å². The van der Waals surface area contributed by atoms with E-state index in [1.807, 2.05) is 18.2 Å². The Labute approximate surface area is 140 Å². The molecule has 0 atom stereocenters. The normalized spacial score (nSPS) is 20.3. The second-order valence-electron chi connectivity index (χ2n) is 6.02. The molecule has 0 spiro atoms. The Balaban J connectivity index is 1.34. The lowest BCUT2D eigenvalue weighted by molar-refractivity contribution is 0.271. The zero-order chi connectivity index (χ0) is 16.1. The summed E-state index contributed by atoms with van der Waals surface area (Å²) in [5.41, 5.74) is 2.19. The largest absolute Gasteiger partial charge is 0.421 e. The number of hydrogen-bond donors (Lipinski definition) is 1. The Hall–Kier alpha value is -2.67. The van der Waals surface area contributed by atoms with Crippen molar-refractivity contribution in [2.24, 2.45) is 0 Å². The summed E-state index contributed by atoms with van der Waals surface area (Å²) in [6, 6.07) is 12.1. The van der Waals surface area contributed by atoms with Crippen molar-refractivity contribution in [2.45, 2.75) is 24.9 Å². The van der Waals surface area contributed by atoms with Crippen LogP contribution in [0.15, 0.2) is 51.8 Å². The molecule has 1 saturated carbocycles. The summed E-state index contributed by atoms with van der Waals surface area (Å²) in [4.78, 5) is 21.0. The van der Waals surface area contributed by atoms with Crippen molar-refractivity contribution in [3.8, 4) is 0 Å². The van der Waals surface area contributed by atoms with Gasteiger partial charge in [0.25, 0.3) is 0 Å². The SMILES string of the molecule is O=c1oc2cccnc2n1[C@H]1C[C@H](Nc2nc3ccccc3s2)C1. The van der Waals surface area contributed by atoms with E-state index in [0.29, 0.717) is 17.3 Å². The van der Waals surface area contributed by atoms with Crippen LogP contribution in [-0.2, 0) is 0 Å². The van der Waals surface area contributed by atoms with E-state index in [-0.39, 0.29) is 11.8 Å². The molecule has 1 aliphatic carbocycles. The van der Waals surface area contributed by atoms with Gasteiger partial charge in [0.1, 0.15) is 0 Å². The molecule has 7 heteroatoms. The molecule has 1 fully saturated rings. The second kappa shape index (κ2) is 5.17. The predicted molar refractivity (Wildman–Crippen MR) is 93.6 cm³/mol. The summed E-state index contributed by atoms with van der Waals surface area (Å²) >= 11 is 1.66. The average molecular weight is 338 g/mol. The first-order valence-electron chi connectivity index (χ1n) is 7.86. The molecule has 0 unspecified atom stereocenters. The van der Waals surface area contributed by atoms with E-state index >= 15 is 0 Å². The van der Waals surface area contributed by atoms with E-state index in [9.17, 15) is 4.79 Å². The van der Waals surface area contributed by atoms with Crippen LogP contribution in [0.5, 0.6) is 0 Å². The third kappa shape index (κ3) is 2.12. The van der Waals surface area contributed by atoms with Crippen LogP contribution in [0.4, 0.5) is 5.13 Å². The molecule has 4 aromatic rings. The van der Waals surface area contributed by atoms with Crippen molar-refractivity contribution in [3.63, 3.8) is 0 Å². The molecular weight excluding hydrogens is 324 g/mol. The fourth-order valence-electron chi connectivity index (χ4n) is 3.22. The Morgan fingerprint density at radius 2 is 2.08 bits per heavy atom. The summed E-state index contributed by atoms with van der Waals surface area (Å²) in [5.74, 6) is -0.327. The van der Waals surface area contributed by atoms with Crippen LogP contribution in [0.1, 0.15) is 18.9 Å². The number of thiazole rings is 1. The standard InChI is InChI=1S/C17H14N4O2S/c22-17-21(15-13(23-17)5-3-7-18-15)11-8-10(9-11)19-16-20-12-4-1-2-6-14(12)24-16/h1-7,10-11H,8-9H2,(H,19,20)/t10-,11-. The van der Waals surface area contributed by atoms with Crippen molar-refractivity contribution in [3.05, 3.63) is 53.1 Å². The van der Waals surface area contributed by atoms with Crippen molar-refractivity contribution < 1.29 is 4.42 Å². The molecule has 5 rings (SSSR count). The number of rotatable bonds is 3. The molecule has 1 aliphatic rings. The highest BCUT2D eigenvalue weighted by atomic mass is 32.1. The van der Waals surface area contributed by atoms with Gasteiger partial charge in [-0.1, -0.05) is 23.5 Å². The fourth-order valence-corrected chi connectivity index (χ4v) is 4.16. The third-order valence-corrected chi connectivity index (χ3v) is 5.44. The lowest BCUT2D eigenvalue weighted by atomic mass is 9.86. The van der Waals surface area contributed by atoms with Gasteiger partial charge in [-0.2, -0.15) is 0 Å². The van der Waals surface area contributed by atoms with E-state index in [0.717, 1.165) is 23.5 Å². The van der Waals surface area contributed by atoms with E-state index in [2.05, 4.69) is 21.4 Å². The molecule has 24 heavy (non-hydrogen) atoms. The Kier molecular flexibility index (Phi) is 2.96. The molecule has 1 N–H and O–H groups in total. The first kappa shape index (κ1) is 13.7. The maximum atomic E-state index is 12.1. The quantitative estimate of drug-likeness (QED) is 0.620. The Morgan fingerprint density at radius 3 is 2.96 bits per heavy atom. The number of hydrogen-bond acceptors (Lipinski definition) is 6. The highest BCUT2D eigenvalue weighted by molar-refractivity contribution is 7.22. The van der Waals surface area contributed by atoms with E-state index in [4.69, 9.17) is 4.42 Å². The monoisotopic (exact) mass is 338 g/mol. The molecule has 0 amide bonds. The van der Waals surface area contributed by atoms with Crippen LogP contribution >= 0.6 is 11.3 Å². The zero-order valence-corrected chi connectivity index (χ0v) is 13.5. The Morgan fingerprint density at radius 1 is 1.21 bits per heavy atom. The minimum Gasteiger partial charge on any atom is -0.406 e. The van der Waals surface area contributed by atoms with Crippen LogP contribution in [0.2, 0.25) is 0 Å². The smallest absolute Gasteiger partial charge is 0.406 e. The van der Waals surface area contributed by atoms with Crippen molar-refractivity contribution in [1.29, 1.82) is 0 Å². The van der Waals surface area contributed by atoms with Gasteiger partial charge in [0.05, 0.1) is 10.2 Å². The summed E-state index contributed by atoms with van der Waals surface area (Å²) in [7, 11) is 0. The van der Waals surface area contributed by atoms with Gasteiger partial charge < -0.3 is 9.73 Å². The first-order valence-corrected chi connectivity index (χ1v) is 8.68. The number of anilines is 1. The molecule has 3 heterocycles. The maximum absolute atomic E-state index is 12.1. The number of benzene rings is 1. The molecule has 1 aromatic carbocycles. The average Bonchev–Trinajstić information content (AvgIpc) is 3.10. The summed E-state index contributed by atoms with van der Waals surface area (Å²) in [5, 5.41) is 4.40. The molecule has 6 nitrogen and oxygen atoms in total. The number of fused-ring (bicyclic) bond motifs is 2. The molecule has 120 valence electrons. The highest BCUT2D eigenvalue weighted by Gasteiger charge is 2.34. The highest BCUT2D eigenvalue weighted by Crippen LogP contribution is 2.36. The van der Waals surface area contributed by atoms with Crippen molar-refractivity contribution >= 4 is 37.9 Å². The third-order valence-electron chi connectivity index (χ3n) is 4.47. The first-order chi connectivity index (χ1) is 11.8. The van der Waals surface area contributed by atoms with Crippen LogP contribution in [0.25, 0.3) is 21.4 Å². The fraction of sp³-hybridized carbons (Fsp3) is 0.235. The molecule has 0 aliphatic heterocycles. The van der Waals surface area contributed by atoms with E-state index in [1.54, 1.807) is 34.2 Å². The lowest BCUT2D eigenvalue weighted by Gasteiger charge is -2.35. The molecule has 3 aromatic heterocycles. The minimum atomic E-state index is -0.327. The van der Waals surface area contributed by atoms with Gasteiger partial charge in [0, 0.05) is 18.3 Å². The summed E-state index contributed by atoms with van der Waals surface area (Å²) in [6.45, 7) is 0. The van der Waals surface area contributed by atoms with Crippen molar-refractivity contribution in [1.82, 2.24) is 14.5 Å². The summed E-state index contributed by atoms with van der Waals surface area (Å²) in [6.07, 6.45) is 3.41. The van der Waals surface area contributed by atoms with Crippen molar-refractivity contribution in [2.75, 3.05) is 5.32 Å². The van der Waals surface area contributed by atoms with Crippen LogP contribution < -0.4 is 11.1 Å². The van der Waals surface area contributed by atoms with Gasteiger partial charge in [-0.05, 0) is 37.1 Å². The number of nitrogens with one attached hydrogen (secondary N) is 1. The topological polar surface area (TPSA) is 73.0 Å². The molecular formula is C17H14N4O2S. The predicted octanol–water partition coefficient (Wildman–Crippen LogP) is 3.41. The number of oxazole rings is 1. The maximum Gasteiger partial charge on any atom is 0.421 e. The van der Waals surface area contributed by atoms with Gasteiger partial charge >= 0.3 is 5.76 Å². The van der Waals surface area contributed by atoms with Crippen LogP contribution in [0, 0.1) is 0 Å². The number of aromatic nitrogens is 3. The van der Waals surface area contributed by atoms with Crippen LogP contribution in [-0.4, -0.2) is 20.6 Å². The van der Waals surface area contributed by atoms with Gasteiger partial charge in [-0.25, -0.2) is 14.8 Å². The molecule has 0 bridgehead atoms.